The summed E-state index contributed by atoms with van der Waals surface area (Å²) in [5.74, 6) is 0.638. The summed E-state index contributed by atoms with van der Waals surface area (Å²) in [6, 6.07) is 10.1. The number of hydrogen-bond acceptors (Lipinski definition) is 2. The van der Waals surface area contributed by atoms with Crippen LogP contribution in [0.3, 0.4) is 0 Å². The minimum Gasteiger partial charge on any atom is -0.388 e. The third kappa shape index (κ3) is 2.71. The van der Waals surface area contributed by atoms with Crippen molar-refractivity contribution in [3.8, 4) is 0 Å². The molecular weight excluding hydrogens is 296 g/mol. The number of benzene rings is 1. The molecule has 2 aromatic rings. The topological polar surface area (TPSA) is 48.9 Å². The smallest absolute Gasteiger partial charge is 0.0790 e. The highest BCUT2D eigenvalue weighted by Gasteiger charge is 2.42. The first-order chi connectivity index (χ1) is 11.7. The van der Waals surface area contributed by atoms with Crippen LogP contribution in [0.1, 0.15) is 62.0 Å². The summed E-state index contributed by atoms with van der Waals surface area (Å²) in [5.41, 5.74) is 5.38. The molecule has 0 aliphatic heterocycles. The highest BCUT2D eigenvalue weighted by molar-refractivity contribution is 5.58. The first-order valence-corrected chi connectivity index (χ1v) is 9.13. The van der Waals surface area contributed by atoms with E-state index in [0.29, 0.717) is 5.92 Å². The van der Waals surface area contributed by atoms with Crippen LogP contribution < -0.4 is 0 Å². The lowest BCUT2D eigenvalue weighted by Gasteiger charge is -2.46. The first kappa shape index (κ1) is 15.6. The lowest BCUT2D eigenvalue weighted by atomic mass is 9.58. The third-order valence-corrected chi connectivity index (χ3v) is 6.23. The van der Waals surface area contributed by atoms with Gasteiger partial charge in [0.25, 0.3) is 0 Å². The maximum absolute atomic E-state index is 10.5. The van der Waals surface area contributed by atoms with Crippen LogP contribution in [0.5, 0.6) is 0 Å². The fourth-order valence-corrected chi connectivity index (χ4v) is 4.72. The molecule has 1 aromatic carbocycles. The van der Waals surface area contributed by atoms with Gasteiger partial charge in [0.15, 0.2) is 0 Å². The molecule has 0 amide bonds. The van der Waals surface area contributed by atoms with Crippen molar-refractivity contribution in [3.05, 3.63) is 58.9 Å². The number of rotatable bonds is 4. The van der Waals surface area contributed by atoms with E-state index in [1.54, 1.807) is 5.57 Å². The molecule has 126 valence electrons. The molecule has 1 saturated carbocycles. The molecule has 1 unspecified atom stereocenters. The molecule has 24 heavy (non-hydrogen) atoms. The van der Waals surface area contributed by atoms with Gasteiger partial charge in [-0.1, -0.05) is 42.8 Å². The van der Waals surface area contributed by atoms with Crippen molar-refractivity contribution in [2.45, 2.75) is 51.6 Å². The summed E-state index contributed by atoms with van der Waals surface area (Å²) in [7, 11) is 0. The minimum atomic E-state index is -0.350. The number of allylic oxidation sites excluding steroid dienone is 1. The van der Waals surface area contributed by atoms with Crippen LogP contribution in [0.2, 0.25) is 0 Å². The Hall–Kier alpha value is -1.87. The number of nitrogens with one attached hydrogen (secondary N) is 1. The first-order valence-electron chi connectivity index (χ1n) is 9.13. The van der Waals surface area contributed by atoms with Gasteiger partial charge in [-0.25, -0.2) is 0 Å². The van der Waals surface area contributed by atoms with E-state index in [2.05, 4.69) is 23.2 Å². The van der Waals surface area contributed by atoms with Crippen LogP contribution in [0.25, 0.3) is 6.08 Å². The van der Waals surface area contributed by atoms with Gasteiger partial charge in [-0.15, -0.1) is 0 Å². The number of hydrogen-bond donors (Lipinski definition) is 2. The normalized spacial score (nSPS) is 27.1. The Balaban J connectivity index is 1.50. The highest BCUT2D eigenvalue weighted by atomic mass is 16.3. The Morgan fingerprint density at radius 1 is 1.33 bits per heavy atom. The van der Waals surface area contributed by atoms with Crippen LogP contribution >= 0.6 is 0 Å². The molecule has 1 fully saturated rings. The fraction of sp³-hybridized carbons (Fsp3) is 0.476. The standard InChI is InChI=1S/C21H26N2O/c1-21-13-16-14-22-23-19(16)12-18(21)9-5-8-17(21)10-11-20(24)15-6-3-2-4-7-15/h2-4,6-7,12,14,17,20,24H,5,8-11,13H2,1H3,(H,22,23)/t17-,20?,21-/m1/s1. The number of aliphatic hydroxyl groups is 1. The van der Waals surface area contributed by atoms with E-state index in [9.17, 15) is 5.11 Å². The van der Waals surface area contributed by atoms with Crippen LogP contribution in [0.15, 0.2) is 42.1 Å². The Morgan fingerprint density at radius 3 is 3.00 bits per heavy atom. The van der Waals surface area contributed by atoms with Gasteiger partial charge in [0.1, 0.15) is 0 Å². The number of nitrogens with zero attached hydrogens (tertiary/aromatic N) is 1. The van der Waals surface area contributed by atoms with Gasteiger partial charge in [0, 0.05) is 0 Å². The van der Waals surface area contributed by atoms with E-state index in [1.807, 2.05) is 36.5 Å². The quantitative estimate of drug-likeness (QED) is 0.859. The number of aromatic nitrogens is 2. The lowest BCUT2D eigenvalue weighted by molar-refractivity contribution is 0.118. The van der Waals surface area contributed by atoms with Crippen molar-refractivity contribution in [2.75, 3.05) is 0 Å². The van der Waals surface area contributed by atoms with Gasteiger partial charge < -0.3 is 5.11 Å². The maximum Gasteiger partial charge on any atom is 0.0790 e. The summed E-state index contributed by atoms with van der Waals surface area (Å²) in [6.45, 7) is 2.42. The molecule has 2 aliphatic carbocycles. The van der Waals surface area contributed by atoms with Crippen molar-refractivity contribution >= 4 is 6.08 Å². The molecule has 0 radical (unpaired) electrons. The van der Waals surface area contributed by atoms with Gasteiger partial charge in [-0.3, -0.25) is 5.10 Å². The molecule has 3 heteroatoms. The predicted molar refractivity (Wildman–Crippen MR) is 96.4 cm³/mol. The zero-order chi connectivity index (χ0) is 16.6. The second-order valence-corrected chi connectivity index (χ2v) is 7.67. The predicted octanol–water partition coefficient (Wildman–Crippen LogP) is 4.67. The highest BCUT2D eigenvalue weighted by Crippen LogP contribution is 2.52. The number of fused-ring (bicyclic) bond motifs is 2. The van der Waals surface area contributed by atoms with Crippen molar-refractivity contribution in [3.63, 3.8) is 0 Å². The van der Waals surface area contributed by atoms with Gasteiger partial charge in [-0.05, 0) is 67.1 Å². The van der Waals surface area contributed by atoms with Crippen LogP contribution in [0.4, 0.5) is 0 Å². The van der Waals surface area contributed by atoms with Crippen molar-refractivity contribution in [2.24, 2.45) is 11.3 Å². The van der Waals surface area contributed by atoms with Gasteiger partial charge in [-0.2, -0.15) is 5.10 Å². The van der Waals surface area contributed by atoms with Crippen molar-refractivity contribution in [1.29, 1.82) is 0 Å². The largest absolute Gasteiger partial charge is 0.388 e. The molecule has 0 spiro atoms. The zero-order valence-corrected chi connectivity index (χ0v) is 14.3. The summed E-state index contributed by atoms with van der Waals surface area (Å²) in [4.78, 5) is 0. The Bertz CT molecular complexity index is 733. The second-order valence-electron chi connectivity index (χ2n) is 7.67. The molecule has 2 aliphatic rings. The maximum atomic E-state index is 10.5. The van der Waals surface area contributed by atoms with Crippen LogP contribution in [0, 0.1) is 11.3 Å². The van der Waals surface area contributed by atoms with E-state index in [-0.39, 0.29) is 11.5 Å². The molecule has 1 aromatic heterocycles. The Kier molecular flexibility index (Phi) is 4.05. The van der Waals surface area contributed by atoms with Crippen molar-refractivity contribution in [1.82, 2.24) is 10.2 Å². The van der Waals surface area contributed by atoms with E-state index in [4.69, 9.17) is 0 Å². The molecule has 2 N–H and O–H groups in total. The molecule has 4 rings (SSSR count). The summed E-state index contributed by atoms with van der Waals surface area (Å²) < 4.78 is 0. The van der Waals surface area contributed by atoms with E-state index in [1.165, 1.54) is 30.5 Å². The minimum absolute atomic E-state index is 0.228. The Morgan fingerprint density at radius 2 is 2.17 bits per heavy atom. The molecule has 0 bridgehead atoms. The SMILES string of the molecule is C[C@]12Cc3cn[nH]c3C=C1CCC[C@@H]2CCC(O)c1ccccc1. The molecule has 3 nitrogen and oxygen atoms in total. The van der Waals surface area contributed by atoms with Gasteiger partial charge in [0.2, 0.25) is 0 Å². The fourth-order valence-electron chi connectivity index (χ4n) is 4.72. The monoisotopic (exact) mass is 322 g/mol. The summed E-state index contributed by atoms with van der Waals surface area (Å²) in [6.07, 6.45) is 10.7. The molecule has 1 heterocycles. The number of H-pyrrole nitrogens is 1. The number of aromatic amines is 1. The van der Waals surface area contributed by atoms with E-state index < -0.39 is 0 Å². The van der Waals surface area contributed by atoms with E-state index in [0.717, 1.165) is 24.8 Å². The second kappa shape index (κ2) is 6.21. The molecule has 3 atom stereocenters. The summed E-state index contributed by atoms with van der Waals surface area (Å²) >= 11 is 0. The average Bonchev–Trinajstić information content (AvgIpc) is 3.04. The van der Waals surface area contributed by atoms with Crippen LogP contribution in [-0.2, 0) is 6.42 Å². The van der Waals surface area contributed by atoms with Gasteiger partial charge in [0.05, 0.1) is 18.0 Å². The van der Waals surface area contributed by atoms with Crippen molar-refractivity contribution < 1.29 is 5.11 Å². The average molecular weight is 322 g/mol. The molecular formula is C21H26N2O. The molecule has 0 saturated heterocycles. The van der Waals surface area contributed by atoms with E-state index >= 15 is 0 Å². The number of aliphatic hydroxyl groups excluding tert-OH is 1. The van der Waals surface area contributed by atoms with Gasteiger partial charge >= 0.3 is 0 Å². The zero-order valence-electron chi connectivity index (χ0n) is 14.3. The lowest BCUT2D eigenvalue weighted by Crippen LogP contribution is -2.37. The Labute approximate surface area is 143 Å². The summed E-state index contributed by atoms with van der Waals surface area (Å²) in [5, 5.41) is 17.9. The third-order valence-electron chi connectivity index (χ3n) is 6.23. The van der Waals surface area contributed by atoms with Crippen LogP contribution in [-0.4, -0.2) is 15.3 Å².